The van der Waals surface area contributed by atoms with Crippen molar-refractivity contribution in [3.05, 3.63) is 23.9 Å². The Morgan fingerprint density at radius 3 is 2.79 bits per heavy atom. The standard InChI is InChI=1S/C21H34N4O3/c1-22-21(23-11-5-12-27-19-10-13-26-16-19)25-15-17-8-9-20(24-14-17)28-18-6-3-2-4-7-18/h8-9,14,18-19H,2-7,10-13,15-16H2,1H3,(H2,22,23,25). The molecule has 7 heteroatoms. The van der Waals surface area contributed by atoms with Crippen LogP contribution in [0.5, 0.6) is 5.88 Å². The number of pyridine rings is 1. The number of hydrogen-bond donors (Lipinski definition) is 2. The first-order valence-electron chi connectivity index (χ1n) is 10.6. The molecule has 2 heterocycles. The second-order valence-electron chi connectivity index (χ2n) is 7.45. The van der Waals surface area contributed by atoms with Crippen LogP contribution in [0.3, 0.4) is 0 Å². The van der Waals surface area contributed by atoms with Crippen molar-refractivity contribution in [2.24, 2.45) is 4.99 Å². The van der Waals surface area contributed by atoms with E-state index in [4.69, 9.17) is 14.2 Å². The molecular formula is C21H34N4O3. The molecule has 0 amide bonds. The third kappa shape index (κ3) is 7.28. The van der Waals surface area contributed by atoms with Gasteiger partial charge in [-0.15, -0.1) is 0 Å². The number of aromatic nitrogens is 1. The Bertz CT molecular complexity index is 582. The van der Waals surface area contributed by atoms with E-state index in [1.54, 1.807) is 7.05 Å². The zero-order valence-electron chi connectivity index (χ0n) is 17.0. The highest BCUT2D eigenvalue weighted by Crippen LogP contribution is 2.22. The topological polar surface area (TPSA) is 77.0 Å². The van der Waals surface area contributed by atoms with Crippen molar-refractivity contribution in [1.82, 2.24) is 15.6 Å². The number of aliphatic imine (C=N–C) groups is 1. The summed E-state index contributed by atoms with van der Waals surface area (Å²) in [7, 11) is 1.78. The molecule has 7 nitrogen and oxygen atoms in total. The maximum absolute atomic E-state index is 5.98. The predicted molar refractivity (Wildman–Crippen MR) is 110 cm³/mol. The largest absolute Gasteiger partial charge is 0.474 e. The zero-order chi connectivity index (χ0) is 19.4. The third-order valence-corrected chi connectivity index (χ3v) is 5.18. The number of hydrogen-bond acceptors (Lipinski definition) is 5. The summed E-state index contributed by atoms with van der Waals surface area (Å²) in [4.78, 5) is 8.71. The maximum Gasteiger partial charge on any atom is 0.213 e. The summed E-state index contributed by atoms with van der Waals surface area (Å²) in [5.74, 6) is 1.51. The van der Waals surface area contributed by atoms with Gasteiger partial charge in [0, 0.05) is 45.6 Å². The Morgan fingerprint density at radius 2 is 2.07 bits per heavy atom. The zero-order valence-corrected chi connectivity index (χ0v) is 17.0. The first-order chi connectivity index (χ1) is 13.8. The molecule has 1 atom stereocenters. The van der Waals surface area contributed by atoms with E-state index >= 15 is 0 Å². The quantitative estimate of drug-likeness (QED) is 0.383. The van der Waals surface area contributed by atoms with Gasteiger partial charge in [0.25, 0.3) is 0 Å². The van der Waals surface area contributed by atoms with E-state index in [1.165, 1.54) is 19.3 Å². The van der Waals surface area contributed by atoms with E-state index < -0.39 is 0 Å². The smallest absolute Gasteiger partial charge is 0.213 e. The van der Waals surface area contributed by atoms with E-state index in [1.807, 2.05) is 12.3 Å². The summed E-state index contributed by atoms with van der Waals surface area (Å²) >= 11 is 0. The first-order valence-corrected chi connectivity index (χ1v) is 10.6. The summed E-state index contributed by atoms with van der Waals surface area (Å²) in [6.45, 7) is 3.79. The van der Waals surface area contributed by atoms with Gasteiger partial charge in [0.1, 0.15) is 6.10 Å². The normalized spacial score (nSPS) is 20.9. The van der Waals surface area contributed by atoms with Crippen LogP contribution in [-0.4, -0.2) is 56.6 Å². The highest BCUT2D eigenvalue weighted by atomic mass is 16.5. The molecule has 0 spiro atoms. The molecule has 2 N–H and O–H groups in total. The number of rotatable bonds is 9. The Balaban J connectivity index is 1.30. The number of guanidine groups is 1. The van der Waals surface area contributed by atoms with Crippen molar-refractivity contribution in [1.29, 1.82) is 0 Å². The molecule has 1 unspecified atom stereocenters. The van der Waals surface area contributed by atoms with E-state index in [-0.39, 0.29) is 6.10 Å². The fourth-order valence-corrected chi connectivity index (χ4v) is 3.52. The highest BCUT2D eigenvalue weighted by Gasteiger charge is 2.16. The molecule has 2 fully saturated rings. The van der Waals surface area contributed by atoms with Crippen LogP contribution in [0, 0.1) is 0 Å². The van der Waals surface area contributed by atoms with Gasteiger partial charge in [0.15, 0.2) is 5.96 Å². The molecule has 1 aliphatic heterocycles. The molecular weight excluding hydrogens is 356 g/mol. The molecule has 1 saturated carbocycles. The van der Waals surface area contributed by atoms with E-state index in [2.05, 4.69) is 26.7 Å². The van der Waals surface area contributed by atoms with Crippen LogP contribution in [0.25, 0.3) is 0 Å². The molecule has 1 aromatic rings. The molecule has 1 aliphatic carbocycles. The van der Waals surface area contributed by atoms with Gasteiger partial charge in [-0.3, -0.25) is 4.99 Å². The van der Waals surface area contributed by atoms with Crippen molar-refractivity contribution >= 4 is 5.96 Å². The van der Waals surface area contributed by atoms with Gasteiger partial charge in [-0.1, -0.05) is 12.5 Å². The summed E-state index contributed by atoms with van der Waals surface area (Å²) in [6, 6.07) is 4.02. The Kier molecular flexibility index (Phi) is 8.84. The van der Waals surface area contributed by atoms with Crippen LogP contribution >= 0.6 is 0 Å². The van der Waals surface area contributed by atoms with E-state index in [0.717, 1.165) is 69.5 Å². The van der Waals surface area contributed by atoms with Crippen molar-refractivity contribution in [3.63, 3.8) is 0 Å². The van der Waals surface area contributed by atoms with Gasteiger partial charge in [-0.2, -0.15) is 0 Å². The number of ether oxygens (including phenoxy) is 3. The summed E-state index contributed by atoms with van der Waals surface area (Å²) < 4.78 is 17.1. The molecule has 1 aromatic heterocycles. The Labute approximate surface area is 168 Å². The van der Waals surface area contributed by atoms with Crippen LogP contribution < -0.4 is 15.4 Å². The molecule has 0 bridgehead atoms. The van der Waals surface area contributed by atoms with Crippen molar-refractivity contribution < 1.29 is 14.2 Å². The lowest BCUT2D eigenvalue weighted by atomic mass is 9.98. The minimum atomic E-state index is 0.273. The van der Waals surface area contributed by atoms with Gasteiger partial charge in [0.2, 0.25) is 5.88 Å². The molecule has 0 aromatic carbocycles. The fourth-order valence-electron chi connectivity index (χ4n) is 3.52. The van der Waals surface area contributed by atoms with Crippen molar-refractivity contribution in [2.75, 3.05) is 33.4 Å². The van der Waals surface area contributed by atoms with Gasteiger partial charge >= 0.3 is 0 Å². The number of nitrogens with one attached hydrogen (secondary N) is 2. The Morgan fingerprint density at radius 1 is 1.18 bits per heavy atom. The maximum atomic E-state index is 5.98. The summed E-state index contributed by atoms with van der Waals surface area (Å²) in [5, 5.41) is 6.63. The fraction of sp³-hybridized carbons (Fsp3) is 0.714. The van der Waals surface area contributed by atoms with Crippen LogP contribution in [0.1, 0.15) is 50.5 Å². The molecule has 2 aliphatic rings. The van der Waals surface area contributed by atoms with Crippen molar-refractivity contribution in [3.8, 4) is 5.88 Å². The monoisotopic (exact) mass is 390 g/mol. The predicted octanol–water partition coefficient (Wildman–Crippen LogP) is 2.65. The lowest BCUT2D eigenvalue weighted by Crippen LogP contribution is -2.37. The molecule has 156 valence electrons. The lowest BCUT2D eigenvalue weighted by molar-refractivity contribution is 0.0420. The first kappa shape index (κ1) is 20.9. The molecule has 1 saturated heterocycles. The Hall–Kier alpha value is -1.86. The second kappa shape index (κ2) is 11.9. The second-order valence-corrected chi connectivity index (χ2v) is 7.45. The van der Waals surface area contributed by atoms with Gasteiger partial charge < -0.3 is 24.8 Å². The van der Waals surface area contributed by atoms with Gasteiger partial charge in [0.05, 0.1) is 12.7 Å². The van der Waals surface area contributed by atoms with Crippen LogP contribution in [-0.2, 0) is 16.0 Å². The number of nitrogens with zero attached hydrogens (tertiary/aromatic N) is 2. The molecule has 28 heavy (non-hydrogen) atoms. The summed E-state index contributed by atoms with van der Waals surface area (Å²) in [5.41, 5.74) is 1.10. The van der Waals surface area contributed by atoms with Crippen LogP contribution in [0.2, 0.25) is 0 Å². The van der Waals surface area contributed by atoms with E-state index in [9.17, 15) is 0 Å². The van der Waals surface area contributed by atoms with Crippen LogP contribution in [0.4, 0.5) is 0 Å². The molecule has 0 radical (unpaired) electrons. The van der Waals surface area contributed by atoms with E-state index in [0.29, 0.717) is 12.6 Å². The SMILES string of the molecule is CN=C(NCCCOC1CCOC1)NCc1ccc(OC2CCCCC2)nc1. The average molecular weight is 391 g/mol. The van der Waals surface area contributed by atoms with Crippen molar-refractivity contribution in [2.45, 2.75) is 63.7 Å². The summed E-state index contributed by atoms with van der Waals surface area (Å²) in [6.07, 6.45) is 10.6. The minimum Gasteiger partial charge on any atom is -0.474 e. The third-order valence-electron chi connectivity index (χ3n) is 5.18. The molecule has 3 rings (SSSR count). The lowest BCUT2D eigenvalue weighted by Gasteiger charge is -2.22. The minimum absolute atomic E-state index is 0.273. The van der Waals surface area contributed by atoms with Gasteiger partial charge in [-0.05, 0) is 44.1 Å². The van der Waals surface area contributed by atoms with Gasteiger partial charge in [-0.25, -0.2) is 4.98 Å². The average Bonchev–Trinajstić information content (AvgIpc) is 3.25. The highest BCUT2D eigenvalue weighted by molar-refractivity contribution is 5.79. The van der Waals surface area contributed by atoms with Crippen LogP contribution in [0.15, 0.2) is 23.3 Å².